The van der Waals surface area contributed by atoms with Crippen molar-refractivity contribution in [2.75, 3.05) is 0 Å². The second-order valence-corrected chi connectivity index (χ2v) is 3.81. The molecule has 0 saturated carbocycles. The van der Waals surface area contributed by atoms with Crippen LogP contribution in [-0.2, 0) is 11.3 Å². The van der Waals surface area contributed by atoms with Gasteiger partial charge in [-0.05, 0) is 0 Å². The first kappa shape index (κ1) is 9.19. The summed E-state index contributed by atoms with van der Waals surface area (Å²) < 4.78 is 0. The molecule has 12 heavy (non-hydrogen) atoms. The number of aromatic nitrogens is 1. The summed E-state index contributed by atoms with van der Waals surface area (Å²) >= 11 is 1.55. The van der Waals surface area contributed by atoms with Crippen LogP contribution in [0.4, 0.5) is 0 Å². The van der Waals surface area contributed by atoms with Crippen molar-refractivity contribution < 1.29 is 4.79 Å². The van der Waals surface area contributed by atoms with Gasteiger partial charge in [-0.25, -0.2) is 0 Å². The molecule has 66 valence electrons. The molecule has 0 spiro atoms. The molecule has 0 aliphatic heterocycles. The van der Waals surface area contributed by atoms with Gasteiger partial charge >= 0.3 is 0 Å². The molecule has 1 aromatic rings. The van der Waals surface area contributed by atoms with Crippen molar-refractivity contribution >= 4 is 17.2 Å². The Hall–Kier alpha value is -0.900. The molecule has 0 aliphatic carbocycles. The summed E-state index contributed by atoms with van der Waals surface area (Å²) in [4.78, 5) is 16.1. The van der Waals surface area contributed by atoms with Gasteiger partial charge in [-0.2, -0.15) is 0 Å². The van der Waals surface area contributed by atoms with Crippen LogP contribution in [-0.4, -0.2) is 10.9 Å². The van der Waals surface area contributed by atoms with Crippen LogP contribution in [0.25, 0.3) is 0 Å². The molecule has 0 bridgehead atoms. The zero-order valence-electron chi connectivity index (χ0n) is 7.20. The van der Waals surface area contributed by atoms with Gasteiger partial charge in [-0.3, -0.25) is 9.78 Å². The fraction of sp³-hybridized carbons (Fsp3) is 0.500. The molecule has 0 fully saturated rings. The third kappa shape index (κ3) is 2.62. The first-order valence-corrected chi connectivity index (χ1v) is 4.73. The van der Waals surface area contributed by atoms with Gasteiger partial charge in [0.1, 0.15) is 0 Å². The summed E-state index contributed by atoms with van der Waals surface area (Å²) in [5.41, 5.74) is 1.76. The molecule has 1 heterocycles. The lowest BCUT2D eigenvalue weighted by molar-refractivity contribution is -0.124. The van der Waals surface area contributed by atoms with E-state index in [4.69, 9.17) is 0 Å². The lowest BCUT2D eigenvalue weighted by atomic mass is 10.2. The van der Waals surface area contributed by atoms with E-state index in [1.54, 1.807) is 23.0 Å². The normalized spacial score (nSPS) is 10.2. The number of hydrogen-bond acceptors (Lipinski definition) is 3. The summed E-state index contributed by atoms with van der Waals surface area (Å²) in [6, 6.07) is 0. The van der Waals surface area contributed by atoms with Crippen molar-refractivity contribution in [2.24, 2.45) is 5.92 Å². The van der Waals surface area contributed by atoms with Gasteiger partial charge in [0, 0.05) is 17.0 Å². The van der Waals surface area contributed by atoms with E-state index in [2.05, 4.69) is 10.3 Å². The van der Waals surface area contributed by atoms with Crippen molar-refractivity contribution in [3.05, 3.63) is 16.6 Å². The van der Waals surface area contributed by atoms with Crippen molar-refractivity contribution in [3.8, 4) is 0 Å². The lowest BCUT2D eigenvalue weighted by Gasteiger charge is -2.04. The van der Waals surface area contributed by atoms with Gasteiger partial charge in [-0.15, -0.1) is 11.3 Å². The lowest BCUT2D eigenvalue weighted by Crippen LogP contribution is -2.26. The highest BCUT2D eigenvalue weighted by atomic mass is 32.1. The van der Waals surface area contributed by atoms with Crippen LogP contribution in [0.2, 0.25) is 0 Å². The second-order valence-electron chi connectivity index (χ2n) is 2.84. The minimum atomic E-state index is 0.0536. The maximum atomic E-state index is 11.1. The number of hydrogen-bond donors (Lipinski definition) is 1. The van der Waals surface area contributed by atoms with Crippen LogP contribution < -0.4 is 5.32 Å². The maximum absolute atomic E-state index is 11.1. The highest BCUT2D eigenvalue weighted by molar-refractivity contribution is 7.09. The number of rotatable bonds is 3. The highest BCUT2D eigenvalue weighted by Crippen LogP contribution is 2.04. The molecule has 4 heteroatoms. The van der Waals surface area contributed by atoms with Crippen LogP contribution in [0, 0.1) is 5.92 Å². The topological polar surface area (TPSA) is 42.0 Å². The Bertz CT molecular complexity index is 244. The Morgan fingerprint density at radius 1 is 1.75 bits per heavy atom. The number of amides is 1. The largest absolute Gasteiger partial charge is 0.351 e. The van der Waals surface area contributed by atoms with Crippen LogP contribution >= 0.6 is 11.3 Å². The number of carbonyl (C=O) groups is 1. The van der Waals surface area contributed by atoms with E-state index in [1.807, 2.05) is 13.8 Å². The molecule has 0 aliphatic rings. The summed E-state index contributed by atoms with van der Waals surface area (Å²) in [6.07, 6.45) is 1.77. The fourth-order valence-corrected chi connectivity index (χ4v) is 1.24. The van der Waals surface area contributed by atoms with E-state index in [1.165, 1.54) is 0 Å². The molecule has 0 atom stereocenters. The van der Waals surface area contributed by atoms with E-state index in [0.29, 0.717) is 6.54 Å². The zero-order chi connectivity index (χ0) is 8.97. The van der Waals surface area contributed by atoms with Crippen molar-refractivity contribution in [1.29, 1.82) is 0 Å². The molecule has 1 amide bonds. The molecule has 1 N–H and O–H groups in total. The van der Waals surface area contributed by atoms with E-state index < -0.39 is 0 Å². The minimum Gasteiger partial charge on any atom is -0.351 e. The molecule has 0 unspecified atom stereocenters. The van der Waals surface area contributed by atoms with Gasteiger partial charge in [0.2, 0.25) is 5.91 Å². The molecular formula is C8H12N2OS. The van der Waals surface area contributed by atoms with Gasteiger partial charge in [0.05, 0.1) is 12.1 Å². The van der Waals surface area contributed by atoms with Crippen molar-refractivity contribution in [1.82, 2.24) is 10.3 Å². The minimum absolute atomic E-state index is 0.0536. The zero-order valence-corrected chi connectivity index (χ0v) is 8.02. The Morgan fingerprint density at radius 3 is 3.00 bits per heavy atom. The Kier molecular flexibility index (Phi) is 3.22. The standard InChI is InChI=1S/C8H12N2OS/c1-6(2)8(11)10-4-7-3-9-5-12-7/h3,5-6H,4H2,1-2H3,(H,10,11). The SMILES string of the molecule is CC(C)C(=O)NCc1cncs1. The molecule has 0 saturated heterocycles. The highest BCUT2D eigenvalue weighted by Gasteiger charge is 2.05. The summed E-state index contributed by atoms with van der Waals surface area (Å²) in [5.74, 6) is 0.140. The molecule has 3 nitrogen and oxygen atoms in total. The van der Waals surface area contributed by atoms with Crippen LogP contribution in [0.3, 0.4) is 0 Å². The molecule has 1 rings (SSSR count). The van der Waals surface area contributed by atoms with Gasteiger partial charge in [-0.1, -0.05) is 13.8 Å². The first-order chi connectivity index (χ1) is 5.70. The van der Waals surface area contributed by atoms with Gasteiger partial charge < -0.3 is 5.32 Å². The van der Waals surface area contributed by atoms with E-state index >= 15 is 0 Å². The Balaban J connectivity index is 2.32. The number of thiazole rings is 1. The quantitative estimate of drug-likeness (QED) is 0.771. The second kappa shape index (κ2) is 4.21. The van der Waals surface area contributed by atoms with Crippen molar-refractivity contribution in [2.45, 2.75) is 20.4 Å². The summed E-state index contributed by atoms with van der Waals surface area (Å²) in [5, 5.41) is 2.82. The van der Waals surface area contributed by atoms with Gasteiger partial charge in [0.25, 0.3) is 0 Å². The average molecular weight is 184 g/mol. The van der Waals surface area contributed by atoms with E-state index in [-0.39, 0.29) is 11.8 Å². The predicted molar refractivity (Wildman–Crippen MR) is 48.8 cm³/mol. The number of nitrogens with zero attached hydrogens (tertiary/aromatic N) is 1. The van der Waals surface area contributed by atoms with Gasteiger partial charge in [0.15, 0.2) is 0 Å². The number of nitrogens with one attached hydrogen (secondary N) is 1. The molecular weight excluding hydrogens is 172 g/mol. The van der Waals surface area contributed by atoms with Crippen LogP contribution in [0.1, 0.15) is 18.7 Å². The smallest absolute Gasteiger partial charge is 0.222 e. The third-order valence-corrected chi connectivity index (χ3v) is 2.22. The molecule has 0 aromatic carbocycles. The van der Waals surface area contributed by atoms with E-state index in [0.717, 1.165) is 4.88 Å². The van der Waals surface area contributed by atoms with E-state index in [9.17, 15) is 4.79 Å². The average Bonchev–Trinajstić information content (AvgIpc) is 2.51. The maximum Gasteiger partial charge on any atom is 0.222 e. The summed E-state index contributed by atoms with van der Waals surface area (Å²) in [6.45, 7) is 4.35. The molecule has 1 aromatic heterocycles. The Morgan fingerprint density at radius 2 is 2.50 bits per heavy atom. The molecule has 0 radical (unpaired) electrons. The Labute approximate surface area is 75.8 Å². The fourth-order valence-electron chi connectivity index (χ4n) is 0.708. The predicted octanol–water partition coefficient (Wildman–Crippen LogP) is 1.42. The first-order valence-electron chi connectivity index (χ1n) is 3.85. The van der Waals surface area contributed by atoms with Crippen LogP contribution in [0.5, 0.6) is 0 Å². The summed E-state index contributed by atoms with van der Waals surface area (Å²) in [7, 11) is 0. The third-order valence-electron chi connectivity index (χ3n) is 1.44. The number of carbonyl (C=O) groups excluding carboxylic acids is 1. The monoisotopic (exact) mass is 184 g/mol. The van der Waals surface area contributed by atoms with Crippen molar-refractivity contribution in [3.63, 3.8) is 0 Å². The van der Waals surface area contributed by atoms with Crippen LogP contribution in [0.15, 0.2) is 11.7 Å².